The van der Waals surface area contributed by atoms with Gasteiger partial charge in [-0.2, -0.15) is 0 Å². The van der Waals surface area contributed by atoms with Crippen LogP contribution in [0.4, 0.5) is 0 Å². The molecule has 0 fully saturated rings. The normalized spacial score (nSPS) is 23.5. The molecule has 0 amide bonds. The highest BCUT2D eigenvalue weighted by Gasteiger charge is 2.26. The molecule has 0 saturated carbocycles. The van der Waals surface area contributed by atoms with E-state index in [-0.39, 0.29) is 11.8 Å². The van der Waals surface area contributed by atoms with E-state index >= 15 is 0 Å². The molecule has 1 unspecified atom stereocenters. The highest BCUT2D eigenvalue weighted by Crippen LogP contribution is 2.32. The third-order valence-corrected chi connectivity index (χ3v) is 5.04. The van der Waals surface area contributed by atoms with Crippen LogP contribution in [0.2, 0.25) is 5.02 Å². The first-order valence-corrected chi connectivity index (χ1v) is 7.27. The smallest absolute Gasteiger partial charge is 0.178 e. The molecule has 5 heteroatoms. The number of benzene rings is 1. The third kappa shape index (κ3) is 2.10. The van der Waals surface area contributed by atoms with Gasteiger partial charge in [0.1, 0.15) is 0 Å². The van der Waals surface area contributed by atoms with Crippen LogP contribution in [0.1, 0.15) is 24.4 Å². The van der Waals surface area contributed by atoms with E-state index in [2.05, 4.69) is 5.32 Å². The lowest BCUT2D eigenvalue weighted by Crippen LogP contribution is -2.16. The maximum absolute atomic E-state index is 12.0. The fraction of sp³-hybridized carbons (Fsp3) is 0.455. The Bertz CT molecular complexity index is 499. The largest absolute Gasteiger partial charge is 0.313 e. The van der Waals surface area contributed by atoms with Crippen molar-refractivity contribution < 1.29 is 8.42 Å². The van der Waals surface area contributed by atoms with E-state index in [1.165, 1.54) is 0 Å². The lowest BCUT2D eigenvalue weighted by molar-refractivity contribution is 0.541. The second kappa shape index (κ2) is 4.35. The van der Waals surface area contributed by atoms with Gasteiger partial charge in [0.2, 0.25) is 0 Å². The Morgan fingerprint density at radius 2 is 2.19 bits per heavy atom. The highest BCUT2D eigenvalue weighted by atomic mass is 35.5. The zero-order chi connectivity index (χ0) is 11.8. The molecule has 1 aromatic carbocycles. The summed E-state index contributed by atoms with van der Waals surface area (Å²) in [7, 11) is -1.30. The Kier molecular flexibility index (Phi) is 3.24. The van der Waals surface area contributed by atoms with E-state index < -0.39 is 9.84 Å². The molecule has 1 aliphatic heterocycles. The quantitative estimate of drug-likeness (QED) is 0.841. The lowest BCUT2D eigenvalue weighted by atomic mass is 10.0. The molecule has 0 aromatic heterocycles. The van der Waals surface area contributed by atoms with Crippen LogP contribution in [-0.2, 0) is 9.84 Å². The third-order valence-electron chi connectivity index (χ3n) is 2.94. The van der Waals surface area contributed by atoms with Crippen molar-refractivity contribution in [3.63, 3.8) is 0 Å². The fourth-order valence-corrected chi connectivity index (χ4v) is 3.90. The zero-order valence-electron chi connectivity index (χ0n) is 9.03. The van der Waals surface area contributed by atoms with Gasteiger partial charge < -0.3 is 5.32 Å². The molecule has 2 rings (SSSR count). The molecule has 0 saturated heterocycles. The predicted molar refractivity (Wildman–Crippen MR) is 64.5 cm³/mol. The summed E-state index contributed by atoms with van der Waals surface area (Å²) in [4.78, 5) is 0.425. The summed E-state index contributed by atoms with van der Waals surface area (Å²) in [6.45, 7) is 0. The summed E-state index contributed by atoms with van der Waals surface area (Å²) < 4.78 is 24.0. The molecule has 16 heavy (non-hydrogen) atoms. The van der Waals surface area contributed by atoms with Gasteiger partial charge in [-0.3, -0.25) is 0 Å². The topological polar surface area (TPSA) is 46.2 Å². The first-order chi connectivity index (χ1) is 7.54. The van der Waals surface area contributed by atoms with Crippen molar-refractivity contribution in [1.29, 1.82) is 0 Å². The van der Waals surface area contributed by atoms with Crippen LogP contribution in [0, 0.1) is 0 Å². The van der Waals surface area contributed by atoms with Gasteiger partial charge >= 0.3 is 0 Å². The van der Waals surface area contributed by atoms with Gasteiger partial charge in [-0.1, -0.05) is 11.6 Å². The van der Waals surface area contributed by atoms with Gasteiger partial charge in [-0.15, -0.1) is 0 Å². The van der Waals surface area contributed by atoms with Crippen molar-refractivity contribution >= 4 is 21.4 Å². The Labute approximate surface area is 101 Å². The number of sulfone groups is 1. The molecule has 1 N–H and O–H groups in total. The van der Waals surface area contributed by atoms with E-state index in [1.54, 1.807) is 18.2 Å². The molecular formula is C11H14ClNO2S. The van der Waals surface area contributed by atoms with Gasteiger partial charge in [0.15, 0.2) is 9.84 Å². The van der Waals surface area contributed by atoms with E-state index in [1.807, 2.05) is 7.05 Å². The highest BCUT2D eigenvalue weighted by molar-refractivity contribution is 7.91. The summed E-state index contributed by atoms with van der Waals surface area (Å²) in [5.74, 6) is 0.222. The van der Waals surface area contributed by atoms with Crippen molar-refractivity contribution in [2.75, 3.05) is 12.8 Å². The first-order valence-electron chi connectivity index (χ1n) is 5.24. The fourth-order valence-electron chi connectivity index (χ4n) is 2.12. The number of hydrogen-bond acceptors (Lipinski definition) is 3. The molecule has 0 bridgehead atoms. The van der Waals surface area contributed by atoms with Crippen LogP contribution in [-0.4, -0.2) is 21.2 Å². The second-order valence-corrected chi connectivity index (χ2v) is 6.50. The minimum atomic E-state index is -3.14. The van der Waals surface area contributed by atoms with Gasteiger partial charge in [0.05, 0.1) is 10.6 Å². The Balaban J connectivity index is 2.64. The maximum atomic E-state index is 12.0. The van der Waals surface area contributed by atoms with Crippen LogP contribution in [0.25, 0.3) is 0 Å². The average molecular weight is 260 g/mol. The average Bonchev–Trinajstić information content (AvgIpc) is 2.35. The zero-order valence-corrected chi connectivity index (χ0v) is 10.6. The second-order valence-electron chi connectivity index (χ2n) is 3.98. The van der Waals surface area contributed by atoms with E-state index in [0.29, 0.717) is 16.3 Å². The molecular weight excluding hydrogens is 246 g/mol. The summed E-state index contributed by atoms with van der Waals surface area (Å²) >= 11 is 5.92. The molecule has 3 nitrogen and oxygen atoms in total. The Morgan fingerprint density at radius 3 is 2.88 bits per heavy atom. The van der Waals surface area contributed by atoms with Crippen molar-refractivity contribution in [2.45, 2.75) is 23.8 Å². The summed E-state index contributed by atoms with van der Waals surface area (Å²) in [6, 6.07) is 5.07. The molecule has 88 valence electrons. The van der Waals surface area contributed by atoms with Gasteiger partial charge in [-0.25, -0.2) is 8.42 Å². The van der Waals surface area contributed by atoms with Gasteiger partial charge in [0, 0.05) is 11.1 Å². The van der Waals surface area contributed by atoms with Gasteiger partial charge in [0.25, 0.3) is 0 Å². The van der Waals surface area contributed by atoms with Crippen molar-refractivity contribution in [2.24, 2.45) is 0 Å². The predicted octanol–water partition coefficient (Wildman–Crippen LogP) is 2.17. The summed E-state index contributed by atoms with van der Waals surface area (Å²) in [6.07, 6.45) is 1.50. The molecule has 0 aliphatic carbocycles. The Morgan fingerprint density at radius 1 is 1.44 bits per heavy atom. The summed E-state index contributed by atoms with van der Waals surface area (Å²) in [5, 5.41) is 3.72. The molecule has 0 spiro atoms. The molecule has 1 heterocycles. The van der Waals surface area contributed by atoms with Crippen LogP contribution < -0.4 is 5.32 Å². The van der Waals surface area contributed by atoms with Crippen LogP contribution in [0.15, 0.2) is 23.1 Å². The van der Waals surface area contributed by atoms with Crippen LogP contribution >= 0.6 is 11.6 Å². The molecule has 1 aromatic rings. The van der Waals surface area contributed by atoms with Crippen LogP contribution in [0.3, 0.4) is 0 Å². The standard InChI is InChI=1S/C11H14ClNO2S/c1-13-10-3-2-6-16(14,15)11-5-4-8(12)7-9(10)11/h4-5,7,10,13H,2-3,6H2,1H3. The maximum Gasteiger partial charge on any atom is 0.178 e. The summed E-state index contributed by atoms with van der Waals surface area (Å²) in [5.41, 5.74) is 0.799. The van der Waals surface area contributed by atoms with E-state index in [9.17, 15) is 8.42 Å². The van der Waals surface area contributed by atoms with Crippen molar-refractivity contribution in [3.8, 4) is 0 Å². The minimum Gasteiger partial charge on any atom is -0.313 e. The number of halogens is 1. The van der Waals surface area contributed by atoms with Crippen LogP contribution in [0.5, 0.6) is 0 Å². The minimum absolute atomic E-state index is 0.0750. The lowest BCUT2D eigenvalue weighted by Gasteiger charge is -2.16. The number of fused-ring (bicyclic) bond motifs is 1. The van der Waals surface area contributed by atoms with Crippen molar-refractivity contribution in [1.82, 2.24) is 5.32 Å². The first kappa shape index (κ1) is 11.9. The number of rotatable bonds is 1. The van der Waals surface area contributed by atoms with Crippen molar-refractivity contribution in [3.05, 3.63) is 28.8 Å². The van der Waals surface area contributed by atoms with Gasteiger partial charge in [-0.05, 0) is 43.7 Å². The Hall–Kier alpha value is -0.580. The van der Waals surface area contributed by atoms with E-state index in [4.69, 9.17) is 11.6 Å². The monoisotopic (exact) mass is 259 g/mol. The molecule has 0 radical (unpaired) electrons. The molecule has 1 aliphatic rings. The molecule has 1 atom stereocenters. The number of nitrogens with one attached hydrogen (secondary N) is 1. The van der Waals surface area contributed by atoms with E-state index in [0.717, 1.165) is 12.0 Å². The number of hydrogen-bond donors (Lipinski definition) is 1. The SMILES string of the molecule is CNC1CCCS(=O)(=O)c2ccc(Cl)cc21.